The molecule has 0 aliphatic rings. The average molecular weight is 361 g/mol. The molecule has 0 saturated heterocycles. The molecule has 27 heavy (non-hydrogen) atoms. The van der Waals surface area contributed by atoms with Gasteiger partial charge in [-0.15, -0.1) is 0 Å². The second-order valence-electron chi connectivity index (χ2n) is 5.67. The van der Waals surface area contributed by atoms with Crippen molar-refractivity contribution in [3.63, 3.8) is 0 Å². The number of benzene rings is 2. The molecule has 6 nitrogen and oxygen atoms in total. The van der Waals surface area contributed by atoms with Gasteiger partial charge in [0, 0.05) is 6.54 Å². The van der Waals surface area contributed by atoms with Crippen molar-refractivity contribution >= 4 is 17.4 Å². The lowest BCUT2D eigenvalue weighted by Crippen LogP contribution is -2.15. The van der Waals surface area contributed by atoms with Crippen LogP contribution in [0.2, 0.25) is 0 Å². The Hall–Kier alpha value is -3.79. The number of nitrogens with one attached hydrogen (secondary N) is 2. The van der Waals surface area contributed by atoms with Crippen molar-refractivity contribution in [3.8, 4) is 6.07 Å². The number of carbonyl (C=O) groups excluding carboxylic acids is 1. The minimum absolute atomic E-state index is 0.127. The molecule has 2 N–H and O–H groups in total. The summed E-state index contributed by atoms with van der Waals surface area (Å²) in [6.45, 7) is 0.483. The summed E-state index contributed by atoms with van der Waals surface area (Å²) in [6, 6.07) is 15.3. The minimum Gasteiger partial charge on any atom is -0.368 e. The van der Waals surface area contributed by atoms with Crippen LogP contribution in [0.3, 0.4) is 0 Å². The molecule has 3 rings (SSSR count). The lowest BCUT2D eigenvalue weighted by Gasteiger charge is -2.08. The molecule has 1 heterocycles. The van der Waals surface area contributed by atoms with Crippen LogP contribution in [0.4, 0.5) is 15.9 Å². The largest absolute Gasteiger partial charge is 0.368 e. The Balaban J connectivity index is 1.57. The summed E-state index contributed by atoms with van der Waals surface area (Å²) in [7, 11) is 0. The third-order valence-electron chi connectivity index (χ3n) is 3.84. The minimum atomic E-state index is -0.455. The van der Waals surface area contributed by atoms with E-state index in [-0.39, 0.29) is 11.5 Å². The molecular formula is C20H16FN5O. The van der Waals surface area contributed by atoms with Crippen LogP contribution in [0.15, 0.2) is 60.9 Å². The second kappa shape index (κ2) is 8.54. The van der Waals surface area contributed by atoms with Crippen LogP contribution in [0.25, 0.3) is 0 Å². The highest BCUT2D eigenvalue weighted by atomic mass is 19.1. The number of carbonyl (C=O) groups is 1. The highest BCUT2D eigenvalue weighted by Gasteiger charge is 2.11. The topological polar surface area (TPSA) is 90.7 Å². The normalized spacial score (nSPS) is 10.1. The zero-order chi connectivity index (χ0) is 19.1. The Kier molecular flexibility index (Phi) is 5.70. The summed E-state index contributed by atoms with van der Waals surface area (Å²) in [5.74, 6) is -0.210. The molecule has 2 aromatic carbocycles. The molecule has 0 fully saturated rings. The Labute approximate surface area is 155 Å². The molecule has 7 heteroatoms. The Morgan fingerprint density at radius 1 is 1.07 bits per heavy atom. The zero-order valence-electron chi connectivity index (χ0n) is 14.3. The van der Waals surface area contributed by atoms with Crippen molar-refractivity contribution in [3.05, 3.63) is 83.6 Å². The Morgan fingerprint density at radius 3 is 2.59 bits per heavy atom. The molecule has 0 atom stereocenters. The predicted molar refractivity (Wildman–Crippen MR) is 99.7 cm³/mol. The number of aromatic nitrogens is 2. The maximum Gasteiger partial charge on any atom is 0.275 e. The Morgan fingerprint density at radius 2 is 1.85 bits per heavy atom. The van der Waals surface area contributed by atoms with Crippen molar-refractivity contribution in [2.45, 2.75) is 6.42 Å². The smallest absolute Gasteiger partial charge is 0.275 e. The number of nitriles is 1. The van der Waals surface area contributed by atoms with Crippen LogP contribution in [-0.2, 0) is 6.42 Å². The van der Waals surface area contributed by atoms with Gasteiger partial charge in [0.15, 0.2) is 0 Å². The number of rotatable bonds is 6. The van der Waals surface area contributed by atoms with Gasteiger partial charge in [0.1, 0.15) is 23.4 Å². The maximum atomic E-state index is 13.6. The van der Waals surface area contributed by atoms with E-state index in [4.69, 9.17) is 5.26 Å². The summed E-state index contributed by atoms with van der Waals surface area (Å²) < 4.78 is 13.6. The lowest BCUT2D eigenvalue weighted by atomic mass is 10.1. The number of nitrogens with zero attached hydrogens (tertiary/aromatic N) is 3. The Bertz CT molecular complexity index is 982. The summed E-state index contributed by atoms with van der Waals surface area (Å²) in [6.07, 6.45) is 3.28. The van der Waals surface area contributed by atoms with Gasteiger partial charge in [0.25, 0.3) is 5.91 Å². The molecule has 0 radical (unpaired) electrons. The van der Waals surface area contributed by atoms with Crippen molar-refractivity contribution in [1.82, 2.24) is 9.97 Å². The SMILES string of the molecule is N#Cc1ccccc1NC(=O)c1cnc(NCCc2ccccc2F)cn1. The van der Waals surface area contributed by atoms with Crippen LogP contribution in [0.1, 0.15) is 21.6 Å². The van der Waals surface area contributed by atoms with Crippen molar-refractivity contribution < 1.29 is 9.18 Å². The van der Waals surface area contributed by atoms with Crippen LogP contribution >= 0.6 is 0 Å². The van der Waals surface area contributed by atoms with Gasteiger partial charge in [-0.25, -0.2) is 14.4 Å². The first kappa shape index (κ1) is 18.0. The molecule has 0 aliphatic carbocycles. The predicted octanol–water partition coefficient (Wildman–Crippen LogP) is 3.39. The second-order valence-corrected chi connectivity index (χ2v) is 5.67. The van der Waals surface area contributed by atoms with Gasteiger partial charge in [-0.05, 0) is 30.2 Å². The summed E-state index contributed by atoms with van der Waals surface area (Å²) in [5.41, 5.74) is 1.52. The number of hydrogen-bond acceptors (Lipinski definition) is 5. The van der Waals surface area contributed by atoms with Gasteiger partial charge in [-0.1, -0.05) is 30.3 Å². The van der Waals surface area contributed by atoms with E-state index < -0.39 is 5.91 Å². The molecule has 3 aromatic rings. The van der Waals surface area contributed by atoms with Crippen molar-refractivity contribution in [2.75, 3.05) is 17.2 Å². The molecule has 0 bridgehead atoms. The first-order chi connectivity index (χ1) is 13.2. The highest BCUT2D eigenvalue weighted by Crippen LogP contribution is 2.14. The van der Waals surface area contributed by atoms with Crippen LogP contribution in [0.5, 0.6) is 0 Å². The molecule has 1 amide bonds. The van der Waals surface area contributed by atoms with Gasteiger partial charge in [0.2, 0.25) is 0 Å². The van der Waals surface area contributed by atoms with E-state index >= 15 is 0 Å². The number of halogens is 1. The summed E-state index contributed by atoms with van der Waals surface area (Å²) >= 11 is 0. The molecule has 0 unspecified atom stereocenters. The van der Waals surface area contributed by atoms with Crippen molar-refractivity contribution in [2.24, 2.45) is 0 Å². The third-order valence-corrected chi connectivity index (χ3v) is 3.84. The molecule has 0 aliphatic heterocycles. The summed E-state index contributed by atoms with van der Waals surface area (Å²) in [4.78, 5) is 20.5. The van der Waals surface area contributed by atoms with E-state index in [1.54, 1.807) is 42.5 Å². The molecular weight excluding hydrogens is 345 g/mol. The average Bonchev–Trinajstić information content (AvgIpc) is 2.70. The lowest BCUT2D eigenvalue weighted by molar-refractivity contribution is 0.102. The first-order valence-electron chi connectivity index (χ1n) is 8.27. The van der Waals surface area contributed by atoms with Gasteiger partial charge >= 0.3 is 0 Å². The van der Waals surface area contributed by atoms with E-state index in [2.05, 4.69) is 20.6 Å². The van der Waals surface area contributed by atoms with Gasteiger partial charge in [0.05, 0.1) is 23.6 Å². The van der Waals surface area contributed by atoms with Gasteiger partial charge in [-0.3, -0.25) is 4.79 Å². The molecule has 0 saturated carbocycles. The summed E-state index contributed by atoms with van der Waals surface area (Å²) in [5, 5.41) is 14.7. The number of hydrogen-bond donors (Lipinski definition) is 2. The van der Waals surface area contributed by atoms with Crippen LogP contribution < -0.4 is 10.6 Å². The fraction of sp³-hybridized carbons (Fsp3) is 0.100. The third kappa shape index (κ3) is 4.64. The quantitative estimate of drug-likeness (QED) is 0.702. The number of amides is 1. The molecule has 0 spiro atoms. The van der Waals surface area contributed by atoms with Crippen LogP contribution in [-0.4, -0.2) is 22.4 Å². The fourth-order valence-corrected chi connectivity index (χ4v) is 2.44. The molecule has 1 aromatic heterocycles. The monoisotopic (exact) mass is 361 g/mol. The van der Waals surface area contributed by atoms with Gasteiger partial charge < -0.3 is 10.6 Å². The fourth-order valence-electron chi connectivity index (χ4n) is 2.44. The van der Waals surface area contributed by atoms with E-state index in [1.807, 2.05) is 6.07 Å². The van der Waals surface area contributed by atoms with Crippen molar-refractivity contribution in [1.29, 1.82) is 5.26 Å². The highest BCUT2D eigenvalue weighted by molar-refractivity contribution is 6.03. The number of anilines is 2. The number of para-hydroxylation sites is 1. The standard InChI is InChI=1S/C20H16FN5O/c21-16-7-3-1-5-14(16)9-10-23-19-13-24-18(12-25-19)20(27)26-17-8-4-2-6-15(17)11-22/h1-8,12-13H,9-10H2,(H,23,25)(H,26,27). The van der Waals surface area contributed by atoms with Gasteiger partial charge in [-0.2, -0.15) is 5.26 Å². The van der Waals surface area contributed by atoms with Crippen LogP contribution in [0, 0.1) is 17.1 Å². The van der Waals surface area contributed by atoms with E-state index in [9.17, 15) is 9.18 Å². The van der Waals surface area contributed by atoms with E-state index in [0.717, 1.165) is 0 Å². The van der Waals surface area contributed by atoms with E-state index in [1.165, 1.54) is 18.5 Å². The zero-order valence-corrected chi connectivity index (χ0v) is 14.3. The van der Waals surface area contributed by atoms with E-state index in [0.29, 0.717) is 35.6 Å². The first-order valence-corrected chi connectivity index (χ1v) is 8.27. The maximum absolute atomic E-state index is 13.6. The molecule has 134 valence electrons.